The number of aryl methyl sites for hydroxylation is 3. The summed E-state index contributed by atoms with van der Waals surface area (Å²) >= 11 is 0. The van der Waals surface area contributed by atoms with Crippen molar-refractivity contribution in [1.29, 1.82) is 5.26 Å². The maximum Gasteiger partial charge on any atom is 0.106 e. The number of nitrogens with zero attached hydrogens (tertiary/aromatic N) is 3. The van der Waals surface area contributed by atoms with Crippen molar-refractivity contribution in [3.63, 3.8) is 0 Å². The molecule has 0 spiro atoms. The van der Waals surface area contributed by atoms with Crippen molar-refractivity contribution >= 4 is 0 Å². The predicted octanol–water partition coefficient (Wildman–Crippen LogP) is 2.56. The predicted molar refractivity (Wildman–Crippen MR) is 73.2 cm³/mol. The first-order valence-electron chi connectivity index (χ1n) is 6.74. The van der Waals surface area contributed by atoms with Gasteiger partial charge in [-0.3, -0.25) is 10.00 Å². The van der Waals surface area contributed by atoms with E-state index in [9.17, 15) is 5.26 Å². The first-order chi connectivity index (χ1) is 8.56. The van der Waals surface area contributed by atoms with Gasteiger partial charge in [-0.25, -0.2) is 0 Å². The molecule has 0 aromatic carbocycles. The minimum absolute atomic E-state index is 0.370. The lowest BCUT2D eigenvalue weighted by atomic mass is 9.92. The second-order valence-corrected chi connectivity index (χ2v) is 4.83. The minimum Gasteiger partial charge on any atom is -0.300 e. The molecule has 0 amide bonds. The highest BCUT2D eigenvalue weighted by Crippen LogP contribution is 2.17. The maximum absolute atomic E-state index is 9.33. The standard InChI is InChI=1S/C14H24N4/c1-5-14(11-15,16-6-2)8-7-9-18-13(4)10-12(3)17-18/h10,16H,5-9H2,1-4H3. The van der Waals surface area contributed by atoms with E-state index in [1.54, 1.807) is 0 Å². The molecule has 4 heteroatoms. The number of hydrogen-bond acceptors (Lipinski definition) is 3. The fourth-order valence-electron chi connectivity index (χ4n) is 2.33. The normalized spacial score (nSPS) is 14.2. The average molecular weight is 248 g/mol. The molecule has 1 unspecified atom stereocenters. The van der Waals surface area contributed by atoms with Gasteiger partial charge in [0.25, 0.3) is 0 Å². The van der Waals surface area contributed by atoms with Gasteiger partial charge in [0.2, 0.25) is 0 Å². The Morgan fingerprint density at radius 1 is 1.44 bits per heavy atom. The summed E-state index contributed by atoms with van der Waals surface area (Å²) in [4.78, 5) is 0. The molecular weight excluding hydrogens is 224 g/mol. The van der Waals surface area contributed by atoms with Crippen LogP contribution in [0, 0.1) is 25.2 Å². The Morgan fingerprint density at radius 3 is 2.61 bits per heavy atom. The molecular formula is C14H24N4. The summed E-state index contributed by atoms with van der Waals surface area (Å²) in [6.45, 7) is 9.91. The Balaban J connectivity index is 2.54. The molecule has 1 atom stereocenters. The van der Waals surface area contributed by atoms with Crippen LogP contribution in [0.1, 0.15) is 44.5 Å². The van der Waals surface area contributed by atoms with Gasteiger partial charge in [-0.2, -0.15) is 10.4 Å². The molecule has 0 radical (unpaired) electrons. The van der Waals surface area contributed by atoms with Crippen molar-refractivity contribution in [2.75, 3.05) is 6.54 Å². The number of nitrogens with one attached hydrogen (secondary N) is 1. The summed E-state index contributed by atoms with van der Waals surface area (Å²) < 4.78 is 2.03. The van der Waals surface area contributed by atoms with Crippen LogP contribution in [-0.2, 0) is 6.54 Å². The summed E-state index contributed by atoms with van der Waals surface area (Å²) in [5.41, 5.74) is 1.88. The lowest BCUT2D eigenvalue weighted by Crippen LogP contribution is -2.43. The summed E-state index contributed by atoms with van der Waals surface area (Å²) in [6.07, 6.45) is 2.68. The van der Waals surface area contributed by atoms with Crippen LogP contribution in [-0.4, -0.2) is 21.9 Å². The molecule has 0 saturated heterocycles. The molecule has 1 aromatic heterocycles. The molecule has 100 valence electrons. The Labute approximate surface area is 110 Å². The number of aromatic nitrogens is 2. The van der Waals surface area contributed by atoms with Crippen molar-refractivity contribution in [3.8, 4) is 6.07 Å². The van der Waals surface area contributed by atoms with E-state index in [1.807, 2.05) is 18.5 Å². The molecule has 0 saturated carbocycles. The smallest absolute Gasteiger partial charge is 0.106 e. The number of nitriles is 1. The van der Waals surface area contributed by atoms with Gasteiger partial charge in [0.05, 0.1) is 11.8 Å². The van der Waals surface area contributed by atoms with Gasteiger partial charge in [0.15, 0.2) is 0 Å². The SMILES string of the molecule is CCNC(C#N)(CC)CCCn1nc(C)cc1C. The molecule has 4 nitrogen and oxygen atoms in total. The quantitative estimate of drug-likeness (QED) is 0.807. The van der Waals surface area contributed by atoms with Crippen molar-refractivity contribution in [2.24, 2.45) is 0 Å². The average Bonchev–Trinajstić information content (AvgIpc) is 2.67. The van der Waals surface area contributed by atoms with Gasteiger partial charge in [0.1, 0.15) is 5.54 Å². The monoisotopic (exact) mass is 248 g/mol. The third-order valence-electron chi connectivity index (χ3n) is 3.41. The van der Waals surface area contributed by atoms with Gasteiger partial charge in [-0.05, 0) is 45.7 Å². The van der Waals surface area contributed by atoms with E-state index in [0.717, 1.165) is 38.0 Å². The number of rotatable bonds is 7. The summed E-state index contributed by atoms with van der Waals surface area (Å²) in [5, 5.41) is 17.1. The van der Waals surface area contributed by atoms with Gasteiger partial charge in [-0.1, -0.05) is 13.8 Å². The molecule has 0 fully saturated rings. The first kappa shape index (κ1) is 14.7. The first-order valence-corrected chi connectivity index (χ1v) is 6.74. The van der Waals surface area contributed by atoms with Crippen LogP contribution in [0.4, 0.5) is 0 Å². The third kappa shape index (κ3) is 3.58. The van der Waals surface area contributed by atoms with E-state index in [-0.39, 0.29) is 5.54 Å². The molecule has 0 aliphatic carbocycles. The van der Waals surface area contributed by atoms with E-state index >= 15 is 0 Å². The maximum atomic E-state index is 9.33. The topological polar surface area (TPSA) is 53.6 Å². The van der Waals surface area contributed by atoms with E-state index in [2.05, 4.69) is 36.4 Å². The van der Waals surface area contributed by atoms with E-state index in [0.29, 0.717) is 0 Å². The molecule has 0 aliphatic rings. The molecule has 0 bridgehead atoms. The van der Waals surface area contributed by atoms with Crippen LogP contribution in [0.25, 0.3) is 0 Å². The molecule has 1 heterocycles. The van der Waals surface area contributed by atoms with Crippen molar-refractivity contribution < 1.29 is 0 Å². The molecule has 1 aromatic rings. The fourth-order valence-corrected chi connectivity index (χ4v) is 2.33. The Morgan fingerprint density at radius 2 is 2.17 bits per heavy atom. The zero-order chi connectivity index (χ0) is 13.6. The number of hydrogen-bond donors (Lipinski definition) is 1. The van der Waals surface area contributed by atoms with Gasteiger partial charge >= 0.3 is 0 Å². The highest BCUT2D eigenvalue weighted by molar-refractivity contribution is 5.07. The lowest BCUT2D eigenvalue weighted by Gasteiger charge is -2.26. The van der Waals surface area contributed by atoms with E-state index < -0.39 is 0 Å². The zero-order valence-electron chi connectivity index (χ0n) is 12.0. The van der Waals surface area contributed by atoms with Gasteiger partial charge < -0.3 is 0 Å². The Hall–Kier alpha value is -1.34. The van der Waals surface area contributed by atoms with Crippen LogP contribution in [0.5, 0.6) is 0 Å². The van der Waals surface area contributed by atoms with Crippen LogP contribution in [0.3, 0.4) is 0 Å². The van der Waals surface area contributed by atoms with Gasteiger partial charge in [0, 0.05) is 12.2 Å². The second kappa shape index (κ2) is 6.55. The zero-order valence-corrected chi connectivity index (χ0v) is 12.0. The Bertz CT molecular complexity index is 416. The third-order valence-corrected chi connectivity index (χ3v) is 3.41. The molecule has 0 aliphatic heterocycles. The van der Waals surface area contributed by atoms with Crippen LogP contribution in [0.15, 0.2) is 6.07 Å². The second-order valence-electron chi connectivity index (χ2n) is 4.83. The highest BCUT2D eigenvalue weighted by atomic mass is 15.3. The van der Waals surface area contributed by atoms with Gasteiger partial charge in [-0.15, -0.1) is 0 Å². The van der Waals surface area contributed by atoms with E-state index in [4.69, 9.17) is 0 Å². The van der Waals surface area contributed by atoms with Crippen LogP contribution < -0.4 is 5.32 Å². The Kier molecular flexibility index (Phi) is 5.36. The summed E-state index contributed by atoms with van der Waals surface area (Å²) in [5.74, 6) is 0. The summed E-state index contributed by atoms with van der Waals surface area (Å²) in [7, 11) is 0. The van der Waals surface area contributed by atoms with E-state index in [1.165, 1.54) is 5.69 Å². The largest absolute Gasteiger partial charge is 0.300 e. The van der Waals surface area contributed by atoms with Crippen LogP contribution >= 0.6 is 0 Å². The van der Waals surface area contributed by atoms with Crippen LogP contribution in [0.2, 0.25) is 0 Å². The lowest BCUT2D eigenvalue weighted by molar-refractivity contribution is 0.357. The fraction of sp³-hybridized carbons (Fsp3) is 0.714. The van der Waals surface area contributed by atoms with Crippen molar-refractivity contribution in [1.82, 2.24) is 15.1 Å². The van der Waals surface area contributed by atoms with Crippen molar-refractivity contribution in [3.05, 3.63) is 17.5 Å². The molecule has 1 N–H and O–H groups in total. The minimum atomic E-state index is -0.370. The molecule has 18 heavy (non-hydrogen) atoms. The molecule has 1 rings (SSSR count). The van der Waals surface area contributed by atoms with Crippen molar-refractivity contribution in [2.45, 2.75) is 59.0 Å². The summed E-state index contributed by atoms with van der Waals surface area (Å²) in [6, 6.07) is 4.52. The highest BCUT2D eigenvalue weighted by Gasteiger charge is 2.25.